The minimum atomic E-state index is -0.381. The van der Waals surface area contributed by atoms with Crippen molar-refractivity contribution in [2.75, 3.05) is 13.2 Å². The van der Waals surface area contributed by atoms with Gasteiger partial charge in [-0.15, -0.1) is 0 Å². The topological polar surface area (TPSA) is 101 Å². The van der Waals surface area contributed by atoms with E-state index in [1.807, 2.05) is 24.3 Å². The van der Waals surface area contributed by atoms with Gasteiger partial charge in [0.05, 0.1) is 13.2 Å². The summed E-state index contributed by atoms with van der Waals surface area (Å²) >= 11 is 0. The molecule has 2 aromatic carbocycles. The minimum absolute atomic E-state index is 0.374. The molecule has 0 spiro atoms. The summed E-state index contributed by atoms with van der Waals surface area (Å²) in [5, 5.41) is 4.04. The molecule has 172 valence electrons. The van der Waals surface area contributed by atoms with Gasteiger partial charge in [0, 0.05) is 24.1 Å². The highest BCUT2D eigenvalue weighted by Crippen LogP contribution is 2.25. The number of carbonyl (C=O) groups is 2. The number of aromatic nitrogens is 2. The van der Waals surface area contributed by atoms with E-state index in [1.54, 1.807) is 24.3 Å². The molecule has 33 heavy (non-hydrogen) atoms. The van der Waals surface area contributed by atoms with Gasteiger partial charge in [0.25, 0.3) is 5.89 Å². The molecule has 0 aliphatic carbocycles. The van der Waals surface area contributed by atoms with Crippen LogP contribution in [0.15, 0.2) is 65.7 Å². The second-order valence-corrected chi connectivity index (χ2v) is 7.20. The molecular weight excluding hydrogens is 424 g/mol. The lowest BCUT2D eigenvalue weighted by Crippen LogP contribution is -2.02. The van der Waals surface area contributed by atoms with Gasteiger partial charge in [-0.05, 0) is 74.2 Å². The van der Waals surface area contributed by atoms with Gasteiger partial charge >= 0.3 is 11.9 Å². The third-order valence-corrected chi connectivity index (χ3v) is 4.62. The van der Waals surface area contributed by atoms with Crippen LogP contribution in [0.1, 0.15) is 32.6 Å². The smallest absolute Gasteiger partial charge is 0.330 e. The maximum absolute atomic E-state index is 11.0. The predicted octanol–water partition coefficient (Wildman–Crippen LogP) is 5.00. The highest BCUT2D eigenvalue weighted by Gasteiger charge is 2.11. The fraction of sp³-hybridized carbons (Fsp3) is 0.280. The van der Waals surface area contributed by atoms with Crippen molar-refractivity contribution in [2.24, 2.45) is 0 Å². The Labute approximate surface area is 192 Å². The lowest BCUT2D eigenvalue weighted by Gasteiger charge is -2.06. The van der Waals surface area contributed by atoms with Crippen LogP contribution in [0.3, 0.4) is 0 Å². The van der Waals surface area contributed by atoms with Crippen LogP contribution < -0.4 is 9.47 Å². The summed E-state index contributed by atoms with van der Waals surface area (Å²) in [7, 11) is 0. The van der Waals surface area contributed by atoms with Crippen LogP contribution in [0.4, 0.5) is 0 Å². The Morgan fingerprint density at radius 1 is 0.909 bits per heavy atom. The van der Waals surface area contributed by atoms with Gasteiger partial charge in [-0.2, -0.15) is 4.98 Å². The summed E-state index contributed by atoms with van der Waals surface area (Å²) in [5.41, 5.74) is 1.53. The molecular formula is C25H26N2O6. The molecule has 0 amide bonds. The van der Waals surface area contributed by atoms with Crippen LogP contribution >= 0.6 is 0 Å². The largest absolute Gasteiger partial charge is 0.494 e. The van der Waals surface area contributed by atoms with Crippen molar-refractivity contribution in [3.05, 3.63) is 61.2 Å². The van der Waals surface area contributed by atoms with Crippen molar-refractivity contribution in [3.8, 4) is 34.3 Å². The number of rotatable bonds is 12. The lowest BCUT2D eigenvalue weighted by atomic mass is 10.2. The van der Waals surface area contributed by atoms with E-state index in [4.69, 9.17) is 18.7 Å². The van der Waals surface area contributed by atoms with Gasteiger partial charge in [-0.25, -0.2) is 4.79 Å². The highest BCUT2D eigenvalue weighted by molar-refractivity contribution is 5.81. The number of carbonyl (C=O) groups excluding carboxylic acids is 2. The third-order valence-electron chi connectivity index (χ3n) is 4.62. The average Bonchev–Trinajstić information content (AvgIpc) is 3.31. The fourth-order valence-corrected chi connectivity index (χ4v) is 2.97. The van der Waals surface area contributed by atoms with Gasteiger partial charge in [-0.3, -0.25) is 4.79 Å². The first kappa shape index (κ1) is 23.7. The molecule has 0 radical (unpaired) electrons. The van der Waals surface area contributed by atoms with Gasteiger partial charge in [-0.1, -0.05) is 11.7 Å². The highest BCUT2D eigenvalue weighted by atomic mass is 16.5. The molecule has 0 fully saturated rings. The first-order valence-corrected chi connectivity index (χ1v) is 10.7. The van der Waals surface area contributed by atoms with Crippen LogP contribution in [0.2, 0.25) is 0 Å². The Kier molecular flexibility index (Phi) is 8.76. The third kappa shape index (κ3) is 7.60. The molecule has 1 aromatic heterocycles. The van der Waals surface area contributed by atoms with Gasteiger partial charge in [0.15, 0.2) is 0 Å². The van der Waals surface area contributed by atoms with Crippen LogP contribution in [0, 0.1) is 0 Å². The Morgan fingerprint density at radius 2 is 1.55 bits per heavy atom. The van der Waals surface area contributed by atoms with E-state index >= 15 is 0 Å². The molecule has 0 N–H and O–H groups in total. The molecule has 8 nitrogen and oxygen atoms in total. The number of benzene rings is 2. The molecule has 0 saturated heterocycles. The number of esters is 2. The molecule has 3 rings (SSSR count). The quantitative estimate of drug-likeness (QED) is 0.164. The van der Waals surface area contributed by atoms with Gasteiger partial charge < -0.3 is 18.7 Å². The Balaban J connectivity index is 1.43. The summed E-state index contributed by atoms with van der Waals surface area (Å²) < 4.78 is 21.1. The van der Waals surface area contributed by atoms with Gasteiger partial charge in [0.2, 0.25) is 5.82 Å². The molecule has 8 heteroatoms. The maximum Gasteiger partial charge on any atom is 0.330 e. The monoisotopic (exact) mass is 450 g/mol. The predicted molar refractivity (Wildman–Crippen MR) is 122 cm³/mol. The van der Waals surface area contributed by atoms with Crippen LogP contribution in [-0.4, -0.2) is 35.3 Å². The standard InChI is InChI=1S/C25H26N2O6/c1-3-23(29)31-17-7-5-4-6-16-30-21-12-8-19(9-13-21)24-26-25(33-27-24)20-10-14-22(15-11-20)32-18(2)28/h3,8-15H,1,4-7,16-17H2,2H3. The van der Waals surface area contributed by atoms with E-state index in [2.05, 4.69) is 16.7 Å². The maximum atomic E-state index is 11.0. The minimum Gasteiger partial charge on any atom is -0.494 e. The first-order valence-electron chi connectivity index (χ1n) is 10.7. The molecule has 0 atom stereocenters. The van der Waals surface area contributed by atoms with Crippen LogP contribution in [0.5, 0.6) is 11.5 Å². The van der Waals surface area contributed by atoms with E-state index in [0.29, 0.717) is 30.7 Å². The lowest BCUT2D eigenvalue weighted by molar-refractivity contribution is -0.138. The Bertz CT molecular complexity index is 1060. The number of nitrogens with zero attached hydrogens (tertiary/aromatic N) is 2. The first-order chi connectivity index (χ1) is 16.0. The fourth-order valence-electron chi connectivity index (χ4n) is 2.97. The second-order valence-electron chi connectivity index (χ2n) is 7.20. The Morgan fingerprint density at radius 3 is 2.21 bits per heavy atom. The summed E-state index contributed by atoms with van der Waals surface area (Å²) in [6, 6.07) is 14.3. The molecule has 0 aliphatic heterocycles. The summed E-state index contributed by atoms with van der Waals surface area (Å²) in [4.78, 5) is 26.4. The second kappa shape index (κ2) is 12.2. The molecule has 0 unspecified atom stereocenters. The van der Waals surface area contributed by atoms with E-state index in [0.717, 1.165) is 42.6 Å². The van der Waals surface area contributed by atoms with E-state index in [9.17, 15) is 9.59 Å². The van der Waals surface area contributed by atoms with Crippen LogP contribution in [-0.2, 0) is 14.3 Å². The van der Waals surface area contributed by atoms with E-state index in [-0.39, 0.29) is 11.9 Å². The van der Waals surface area contributed by atoms with E-state index < -0.39 is 0 Å². The number of hydrogen-bond acceptors (Lipinski definition) is 8. The molecule has 1 heterocycles. The van der Waals surface area contributed by atoms with Crippen molar-refractivity contribution < 1.29 is 28.3 Å². The van der Waals surface area contributed by atoms with Crippen molar-refractivity contribution in [3.63, 3.8) is 0 Å². The molecule has 0 aliphatic rings. The van der Waals surface area contributed by atoms with Crippen molar-refractivity contribution >= 4 is 11.9 Å². The number of unbranched alkanes of at least 4 members (excludes halogenated alkanes) is 3. The zero-order chi connectivity index (χ0) is 23.5. The number of hydrogen-bond donors (Lipinski definition) is 0. The number of ether oxygens (including phenoxy) is 3. The van der Waals surface area contributed by atoms with Crippen LogP contribution in [0.25, 0.3) is 22.8 Å². The zero-order valence-corrected chi connectivity index (χ0v) is 18.5. The molecule has 0 bridgehead atoms. The van der Waals surface area contributed by atoms with Crippen molar-refractivity contribution in [1.82, 2.24) is 10.1 Å². The summed E-state index contributed by atoms with van der Waals surface area (Å²) in [6.45, 7) is 5.74. The molecule has 3 aromatic rings. The normalized spacial score (nSPS) is 10.5. The zero-order valence-electron chi connectivity index (χ0n) is 18.5. The van der Waals surface area contributed by atoms with Crippen molar-refractivity contribution in [1.29, 1.82) is 0 Å². The Hall–Kier alpha value is -3.94. The van der Waals surface area contributed by atoms with Gasteiger partial charge in [0.1, 0.15) is 11.5 Å². The average molecular weight is 450 g/mol. The van der Waals surface area contributed by atoms with E-state index in [1.165, 1.54) is 13.0 Å². The summed E-state index contributed by atoms with van der Waals surface area (Å²) in [6.07, 6.45) is 4.89. The SMILES string of the molecule is C=CC(=O)OCCCCCCOc1ccc(-c2noc(-c3ccc(OC(C)=O)cc3)n2)cc1. The van der Waals surface area contributed by atoms with Crippen molar-refractivity contribution in [2.45, 2.75) is 32.6 Å². The summed E-state index contributed by atoms with van der Waals surface area (Å²) in [5.74, 6) is 1.31. The molecule has 0 saturated carbocycles.